The van der Waals surface area contributed by atoms with E-state index in [0.29, 0.717) is 12.0 Å². The van der Waals surface area contributed by atoms with Gasteiger partial charge in [0.1, 0.15) is 0 Å². The molecular formula is C11H24N2O. The van der Waals surface area contributed by atoms with E-state index in [1.54, 1.807) is 7.11 Å². The average Bonchev–Trinajstić information content (AvgIpc) is 2.53. The summed E-state index contributed by atoms with van der Waals surface area (Å²) in [4.78, 5) is 0. The Hall–Kier alpha value is -0.120. The summed E-state index contributed by atoms with van der Waals surface area (Å²) < 4.78 is 4.99. The lowest BCUT2D eigenvalue weighted by atomic mass is 9.89. The highest BCUT2D eigenvalue weighted by atomic mass is 16.5. The molecule has 0 aromatic rings. The molecule has 1 saturated carbocycles. The topological polar surface area (TPSA) is 47.3 Å². The van der Waals surface area contributed by atoms with Crippen molar-refractivity contribution in [2.45, 2.75) is 38.6 Å². The van der Waals surface area contributed by atoms with Crippen molar-refractivity contribution < 1.29 is 4.74 Å². The Morgan fingerprint density at radius 1 is 1.43 bits per heavy atom. The fraction of sp³-hybridized carbons (Fsp3) is 1.00. The molecule has 0 radical (unpaired) electrons. The van der Waals surface area contributed by atoms with Gasteiger partial charge >= 0.3 is 0 Å². The van der Waals surface area contributed by atoms with E-state index in [9.17, 15) is 0 Å². The van der Waals surface area contributed by atoms with Crippen LogP contribution in [0.25, 0.3) is 0 Å². The van der Waals surface area contributed by atoms with Gasteiger partial charge in [0.2, 0.25) is 0 Å². The van der Waals surface area contributed by atoms with Crippen LogP contribution in [0.4, 0.5) is 0 Å². The van der Waals surface area contributed by atoms with Crippen LogP contribution in [0, 0.1) is 5.41 Å². The van der Waals surface area contributed by atoms with Gasteiger partial charge in [0.05, 0.1) is 6.61 Å². The summed E-state index contributed by atoms with van der Waals surface area (Å²) in [5.74, 6) is 0. The van der Waals surface area contributed by atoms with Crippen molar-refractivity contribution in [3.05, 3.63) is 0 Å². The smallest absolute Gasteiger partial charge is 0.0626 e. The summed E-state index contributed by atoms with van der Waals surface area (Å²) in [6.07, 6.45) is 5.50. The quantitative estimate of drug-likeness (QED) is 0.675. The van der Waals surface area contributed by atoms with Crippen molar-refractivity contribution in [3.63, 3.8) is 0 Å². The molecule has 0 aromatic heterocycles. The minimum Gasteiger partial charge on any atom is -0.383 e. The molecule has 1 atom stereocenters. The zero-order valence-corrected chi connectivity index (χ0v) is 9.51. The summed E-state index contributed by atoms with van der Waals surface area (Å²) in [6, 6.07) is 0.130. The van der Waals surface area contributed by atoms with Crippen molar-refractivity contribution in [2.75, 3.05) is 26.8 Å². The maximum atomic E-state index is 5.82. The van der Waals surface area contributed by atoms with Crippen LogP contribution >= 0.6 is 0 Å². The maximum absolute atomic E-state index is 5.82. The SMILES string of the molecule is COCC(N)CNCC1(C)CCCC1. The third kappa shape index (κ3) is 3.95. The van der Waals surface area contributed by atoms with Crippen LogP contribution in [0.1, 0.15) is 32.6 Å². The molecule has 0 amide bonds. The molecule has 0 aromatic carbocycles. The molecular weight excluding hydrogens is 176 g/mol. The summed E-state index contributed by atoms with van der Waals surface area (Å²) in [5.41, 5.74) is 6.35. The molecule has 1 fully saturated rings. The molecule has 3 heteroatoms. The van der Waals surface area contributed by atoms with Gasteiger partial charge in [-0.25, -0.2) is 0 Å². The second kappa shape index (κ2) is 5.69. The van der Waals surface area contributed by atoms with Crippen molar-refractivity contribution in [3.8, 4) is 0 Å². The van der Waals surface area contributed by atoms with Gasteiger partial charge in [0.25, 0.3) is 0 Å². The van der Waals surface area contributed by atoms with E-state index >= 15 is 0 Å². The zero-order chi connectivity index (χ0) is 10.4. The van der Waals surface area contributed by atoms with Crippen LogP contribution in [-0.2, 0) is 4.74 Å². The summed E-state index contributed by atoms with van der Waals surface area (Å²) in [7, 11) is 1.69. The normalized spacial score (nSPS) is 22.5. The summed E-state index contributed by atoms with van der Waals surface area (Å²) >= 11 is 0. The van der Waals surface area contributed by atoms with Crippen LogP contribution in [0.3, 0.4) is 0 Å². The van der Waals surface area contributed by atoms with E-state index in [-0.39, 0.29) is 6.04 Å². The van der Waals surface area contributed by atoms with Crippen LogP contribution in [0.5, 0.6) is 0 Å². The first kappa shape index (κ1) is 12.0. The van der Waals surface area contributed by atoms with Gasteiger partial charge in [0.15, 0.2) is 0 Å². The van der Waals surface area contributed by atoms with Crippen LogP contribution in [0.2, 0.25) is 0 Å². The molecule has 0 aliphatic heterocycles. The molecule has 0 saturated heterocycles. The lowest BCUT2D eigenvalue weighted by Crippen LogP contribution is -2.40. The Bertz CT molecular complexity index is 155. The highest BCUT2D eigenvalue weighted by Crippen LogP contribution is 2.36. The van der Waals surface area contributed by atoms with Crippen LogP contribution in [-0.4, -0.2) is 32.8 Å². The largest absolute Gasteiger partial charge is 0.383 e. The van der Waals surface area contributed by atoms with Crippen molar-refractivity contribution in [2.24, 2.45) is 11.1 Å². The predicted molar refractivity (Wildman–Crippen MR) is 59.3 cm³/mol. The fourth-order valence-electron chi connectivity index (χ4n) is 2.24. The molecule has 14 heavy (non-hydrogen) atoms. The standard InChI is InChI=1S/C11H24N2O/c1-11(5-3-4-6-11)9-13-7-10(12)8-14-2/h10,13H,3-9,12H2,1-2H3. The lowest BCUT2D eigenvalue weighted by Gasteiger charge is -2.24. The first-order chi connectivity index (χ1) is 6.66. The lowest BCUT2D eigenvalue weighted by molar-refractivity contribution is 0.176. The Morgan fingerprint density at radius 3 is 2.64 bits per heavy atom. The van der Waals surface area contributed by atoms with Gasteiger partial charge in [-0.2, -0.15) is 0 Å². The second-order valence-electron chi connectivity index (χ2n) is 4.86. The Morgan fingerprint density at radius 2 is 2.07 bits per heavy atom. The van der Waals surface area contributed by atoms with Gasteiger partial charge in [0, 0.05) is 26.2 Å². The molecule has 0 spiro atoms. The molecule has 1 aliphatic rings. The maximum Gasteiger partial charge on any atom is 0.0626 e. The van der Waals surface area contributed by atoms with E-state index in [1.807, 2.05) is 0 Å². The molecule has 0 heterocycles. The average molecular weight is 200 g/mol. The minimum atomic E-state index is 0.130. The van der Waals surface area contributed by atoms with Crippen LogP contribution in [0.15, 0.2) is 0 Å². The number of nitrogens with one attached hydrogen (secondary N) is 1. The molecule has 1 unspecified atom stereocenters. The molecule has 0 bridgehead atoms. The Balaban J connectivity index is 2.08. The van der Waals surface area contributed by atoms with Gasteiger partial charge in [-0.3, -0.25) is 0 Å². The first-order valence-electron chi connectivity index (χ1n) is 5.61. The molecule has 84 valence electrons. The predicted octanol–water partition coefficient (Wildman–Crippen LogP) is 1.13. The first-order valence-corrected chi connectivity index (χ1v) is 5.61. The van der Waals surface area contributed by atoms with Crippen molar-refractivity contribution >= 4 is 0 Å². The summed E-state index contributed by atoms with van der Waals surface area (Å²) in [6.45, 7) is 4.98. The van der Waals surface area contributed by atoms with E-state index in [2.05, 4.69) is 12.2 Å². The van der Waals surface area contributed by atoms with E-state index in [1.165, 1.54) is 25.7 Å². The third-order valence-corrected chi connectivity index (χ3v) is 3.15. The van der Waals surface area contributed by atoms with Gasteiger partial charge < -0.3 is 15.8 Å². The Kier molecular flexibility index (Phi) is 4.85. The Labute approximate surface area is 87.4 Å². The molecule has 1 rings (SSSR count). The highest BCUT2D eigenvalue weighted by molar-refractivity contribution is 4.82. The molecule has 1 aliphatic carbocycles. The van der Waals surface area contributed by atoms with E-state index in [4.69, 9.17) is 10.5 Å². The number of hydrogen-bond acceptors (Lipinski definition) is 3. The van der Waals surface area contributed by atoms with Gasteiger partial charge in [-0.15, -0.1) is 0 Å². The second-order valence-corrected chi connectivity index (χ2v) is 4.86. The van der Waals surface area contributed by atoms with Crippen molar-refractivity contribution in [1.29, 1.82) is 0 Å². The number of hydrogen-bond donors (Lipinski definition) is 2. The molecule has 3 nitrogen and oxygen atoms in total. The molecule has 3 N–H and O–H groups in total. The summed E-state index contributed by atoms with van der Waals surface area (Å²) in [5, 5.41) is 3.45. The van der Waals surface area contributed by atoms with Gasteiger partial charge in [-0.05, 0) is 18.3 Å². The van der Waals surface area contributed by atoms with Crippen molar-refractivity contribution in [1.82, 2.24) is 5.32 Å². The monoisotopic (exact) mass is 200 g/mol. The number of nitrogens with two attached hydrogens (primary N) is 1. The van der Waals surface area contributed by atoms with E-state index < -0.39 is 0 Å². The van der Waals surface area contributed by atoms with Gasteiger partial charge in [-0.1, -0.05) is 19.8 Å². The van der Waals surface area contributed by atoms with Crippen LogP contribution < -0.4 is 11.1 Å². The number of rotatable bonds is 6. The third-order valence-electron chi connectivity index (χ3n) is 3.15. The minimum absolute atomic E-state index is 0.130. The zero-order valence-electron chi connectivity index (χ0n) is 9.51. The highest BCUT2D eigenvalue weighted by Gasteiger charge is 2.27. The fourth-order valence-corrected chi connectivity index (χ4v) is 2.24. The number of methoxy groups -OCH3 is 1. The van der Waals surface area contributed by atoms with E-state index in [0.717, 1.165) is 13.1 Å². The number of ether oxygens (including phenoxy) is 1.